The Balaban J connectivity index is 1.81. The van der Waals surface area contributed by atoms with E-state index in [4.69, 9.17) is 4.74 Å². The van der Waals surface area contributed by atoms with Crippen molar-refractivity contribution >= 4 is 33.2 Å². The van der Waals surface area contributed by atoms with E-state index in [1.54, 1.807) is 44.3 Å². The number of rotatable bonds is 5. The molecule has 8 nitrogen and oxygen atoms in total. The number of carbonyl (C=O) groups is 2. The molecule has 0 aromatic heterocycles. The molecule has 1 heterocycles. The van der Waals surface area contributed by atoms with Gasteiger partial charge >= 0.3 is 0 Å². The van der Waals surface area contributed by atoms with Crippen LogP contribution in [-0.2, 0) is 19.6 Å². The Hall–Kier alpha value is -2.75. The molecule has 0 aliphatic carbocycles. The first-order chi connectivity index (χ1) is 14.2. The highest BCUT2D eigenvalue weighted by Crippen LogP contribution is 2.22. The molecule has 0 unspecified atom stereocenters. The molecule has 160 valence electrons. The summed E-state index contributed by atoms with van der Waals surface area (Å²) in [7, 11) is -2.03. The third-order valence-electron chi connectivity index (χ3n) is 5.05. The molecular formula is C21H25N3O5S. The van der Waals surface area contributed by atoms with Gasteiger partial charge in [0, 0.05) is 44.0 Å². The lowest BCUT2D eigenvalue weighted by Crippen LogP contribution is -2.40. The molecule has 0 atom stereocenters. The Kier molecular flexibility index (Phi) is 6.55. The number of amides is 2. The molecule has 1 aliphatic heterocycles. The summed E-state index contributed by atoms with van der Waals surface area (Å²) >= 11 is 0. The van der Waals surface area contributed by atoms with Gasteiger partial charge in [-0.2, -0.15) is 4.31 Å². The molecule has 1 aliphatic rings. The van der Waals surface area contributed by atoms with E-state index in [1.165, 1.54) is 28.3 Å². The van der Waals surface area contributed by atoms with Crippen molar-refractivity contribution in [1.29, 1.82) is 0 Å². The number of nitrogens with one attached hydrogen (secondary N) is 1. The Morgan fingerprint density at radius 1 is 1.07 bits per heavy atom. The lowest BCUT2D eigenvalue weighted by Gasteiger charge is -2.26. The van der Waals surface area contributed by atoms with E-state index < -0.39 is 15.9 Å². The fourth-order valence-corrected chi connectivity index (χ4v) is 4.53. The molecule has 1 fully saturated rings. The second-order valence-corrected chi connectivity index (χ2v) is 9.01. The molecular weight excluding hydrogens is 406 g/mol. The predicted octanol–water partition coefficient (Wildman–Crippen LogP) is 2.25. The van der Waals surface area contributed by atoms with Crippen LogP contribution in [0.25, 0.3) is 0 Å². The van der Waals surface area contributed by atoms with E-state index in [1.807, 2.05) is 0 Å². The summed E-state index contributed by atoms with van der Waals surface area (Å²) in [5.74, 6) is -0.500. The minimum Gasteiger partial charge on any atom is -0.379 e. The molecule has 2 aromatic rings. The molecule has 0 radical (unpaired) electrons. The van der Waals surface area contributed by atoms with E-state index in [0.717, 1.165) is 0 Å². The van der Waals surface area contributed by atoms with E-state index in [-0.39, 0.29) is 16.4 Å². The fourth-order valence-electron chi connectivity index (χ4n) is 3.09. The van der Waals surface area contributed by atoms with Gasteiger partial charge in [0.15, 0.2) is 0 Å². The van der Waals surface area contributed by atoms with Crippen LogP contribution in [0.1, 0.15) is 22.8 Å². The summed E-state index contributed by atoms with van der Waals surface area (Å²) in [6.45, 7) is 4.51. The third kappa shape index (κ3) is 4.69. The lowest BCUT2D eigenvalue weighted by molar-refractivity contribution is -0.116. The van der Waals surface area contributed by atoms with Crippen molar-refractivity contribution in [3.63, 3.8) is 0 Å². The SMILES string of the molecule is CC(=O)N(C)c1ccc(NC(=O)c2cc(S(=O)(=O)N3CCOCC3)ccc2C)cc1. The van der Waals surface area contributed by atoms with Crippen LogP contribution < -0.4 is 10.2 Å². The van der Waals surface area contributed by atoms with Crippen LogP contribution in [0.15, 0.2) is 47.4 Å². The number of aryl methyl sites for hydroxylation is 1. The average Bonchev–Trinajstić information content (AvgIpc) is 2.74. The van der Waals surface area contributed by atoms with Crippen molar-refractivity contribution in [2.45, 2.75) is 18.7 Å². The third-order valence-corrected chi connectivity index (χ3v) is 6.94. The first-order valence-electron chi connectivity index (χ1n) is 9.54. The molecule has 2 aromatic carbocycles. The number of nitrogens with zero attached hydrogens (tertiary/aromatic N) is 2. The number of anilines is 2. The smallest absolute Gasteiger partial charge is 0.255 e. The van der Waals surface area contributed by atoms with Crippen molar-refractivity contribution in [3.05, 3.63) is 53.6 Å². The van der Waals surface area contributed by atoms with Crippen LogP contribution in [-0.4, -0.2) is 57.9 Å². The van der Waals surface area contributed by atoms with Crippen molar-refractivity contribution in [3.8, 4) is 0 Å². The number of morpholine rings is 1. The Morgan fingerprint density at radius 2 is 1.70 bits per heavy atom. The summed E-state index contributed by atoms with van der Waals surface area (Å²) in [4.78, 5) is 25.8. The Bertz CT molecular complexity index is 1040. The topological polar surface area (TPSA) is 96.0 Å². The van der Waals surface area contributed by atoms with E-state index in [0.29, 0.717) is 43.2 Å². The maximum absolute atomic E-state index is 12.9. The van der Waals surface area contributed by atoms with Gasteiger partial charge in [0.25, 0.3) is 5.91 Å². The van der Waals surface area contributed by atoms with Gasteiger partial charge in [-0.05, 0) is 48.9 Å². The zero-order chi connectivity index (χ0) is 21.9. The number of benzene rings is 2. The molecule has 1 saturated heterocycles. The maximum Gasteiger partial charge on any atom is 0.255 e. The first-order valence-corrected chi connectivity index (χ1v) is 11.0. The van der Waals surface area contributed by atoms with Gasteiger partial charge in [-0.15, -0.1) is 0 Å². The lowest BCUT2D eigenvalue weighted by atomic mass is 10.1. The van der Waals surface area contributed by atoms with Crippen LogP contribution in [0.5, 0.6) is 0 Å². The molecule has 0 bridgehead atoms. The minimum atomic E-state index is -3.70. The van der Waals surface area contributed by atoms with E-state index in [9.17, 15) is 18.0 Å². The summed E-state index contributed by atoms with van der Waals surface area (Å²) < 4.78 is 32.4. The highest BCUT2D eigenvalue weighted by molar-refractivity contribution is 7.89. The van der Waals surface area contributed by atoms with Crippen LogP contribution >= 0.6 is 0 Å². The predicted molar refractivity (Wildman–Crippen MR) is 114 cm³/mol. The zero-order valence-corrected chi connectivity index (χ0v) is 18.0. The van der Waals surface area contributed by atoms with Crippen LogP contribution in [0.4, 0.5) is 11.4 Å². The molecule has 0 spiro atoms. The molecule has 0 saturated carbocycles. The quantitative estimate of drug-likeness (QED) is 0.783. The minimum absolute atomic E-state index is 0.0820. The second kappa shape index (κ2) is 8.95. The number of hydrogen-bond acceptors (Lipinski definition) is 5. The molecule has 2 amide bonds. The van der Waals surface area contributed by atoms with Gasteiger partial charge in [0.05, 0.1) is 18.1 Å². The van der Waals surface area contributed by atoms with Gasteiger partial charge in [0.1, 0.15) is 0 Å². The fraction of sp³-hybridized carbons (Fsp3) is 0.333. The average molecular weight is 432 g/mol. The van der Waals surface area contributed by atoms with E-state index in [2.05, 4.69) is 5.32 Å². The number of carbonyl (C=O) groups excluding carboxylic acids is 2. The molecule has 30 heavy (non-hydrogen) atoms. The van der Waals surface area contributed by atoms with Crippen molar-refractivity contribution < 1.29 is 22.7 Å². The summed E-state index contributed by atoms with van der Waals surface area (Å²) in [5.41, 5.74) is 2.20. The Morgan fingerprint density at radius 3 is 2.30 bits per heavy atom. The standard InChI is InChI=1S/C21H25N3O5S/c1-15-4-9-19(30(27,28)24-10-12-29-13-11-24)14-20(15)21(26)22-17-5-7-18(8-6-17)23(3)16(2)25/h4-9,14H,10-13H2,1-3H3,(H,22,26). The highest BCUT2D eigenvalue weighted by atomic mass is 32.2. The van der Waals surface area contributed by atoms with Gasteiger partial charge in [0.2, 0.25) is 15.9 Å². The summed E-state index contributed by atoms with van der Waals surface area (Å²) in [5, 5.41) is 2.78. The first kappa shape index (κ1) is 21.9. The van der Waals surface area contributed by atoms with Gasteiger partial charge in [-0.25, -0.2) is 8.42 Å². The number of ether oxygens (including phenoxy) is 1. The van der Waals surface area contributed by atoms with E-state index >= 15 is 0 Å². The van der Waals surface area contributed by atoms with Gasteiger partial charge in [-0.3, -0.25) is 9.59 Å². The zero-order valence-electron chi connectivity index (χ0n) is 17.2. The van der Waals surface area contributed by atoms with Crippen molar-refractivity contribution in [1.82, 2.24) is 4.31 Å². The van der Waals surface area contributed by atoms with Crippen LogP contribution in [0.3, 0.4) is 0 Å². The summed E-state index contributed by atoms with van der Waals surface area (Å²) in [6, 6.07) is 11.4. The highest BCUT2D eigenvalue weighted by Gasteiger charge is 2.27. The van der Waals surface area contributed by atoms with Gasteiger partial charge in [-0.1, -0.05) is 6.07 Å². The maximum atomic E-state index is 12.9. The van der Waals surface area contributed by atoms with Crippen LogP contribution in [0, 0.1) is 6.92 Å². The molecule has 9 heteroatoms. The van der Waals surface area contributed by atoms with Crippen molar-refractivity contribution in [2.75, 3.05) is 43.6 Å². The van der Waals surface area contributed by atoms with Crippen LogP contribution in [0.2, 0.25) is 0 Å². The molecule has 1 N–H and O–H groups in total. The normalized spacial score (nSPS) is 14.9. The number of sulfonamides is 1. The molecule has 3 rings (SSSR count). The summed E-state index contributed by atoms with van der Waals surface area (Å²) in [6.07, 6.45) is 0. The van der Waals surface area contributed by atoms with Gasteiger partial charge < -0.3 is 15.0 Å². The van der Waals surface area contributed by atoms with Crippen molar-refractivity contribution in [2.24, 2.45) is 0 Å². The monoisotopic (exact) mass is 431 g/mol. The Labute approximate surface area is 176 Å². The second-order valence-electron chi connectivity index (χ2n) is 7.07. The number of hydrogen-bond donors (Lipinski definition) is 1. The largest absolute Gasteiger partial charge is 0.379 e.